The Hall–Kier alpha value is -2.03. The lowest BCUT2D eigenvalue weighted by Crippen LogP contribution is -2.36. The van der Waals surface area contributed by atoms with E-state index in [2.05, 4.69) is 20.9 Å². The third-order valence-corrected chi connectivity index (χ3v) is 6.23. The number of halogens is 1. The molecule has 0 radical (unpaired) electrons. The number of amides is 1. The molecule has 1 amide bonds. The molecule has 1 N–H and O–H groups in total. The number of carbonyl (C=O) groups is 2. The fourth-order valence-electron chi connectivity index (χ4n) is 3.28. The average molecular weight is 464 g/mol. The van der Waals surface area contributed by atoms with Crippen molar-refractivity contribution in [2.75, 3.05) is 27.2 Å². The van der Waals surface area contributed by atoms with Crippen molar-refractivity contribution in [2.45, 2.75) is 19.9 Å². The zero-order valence-electron chi connectivity index (χ0n) is 16.2. The SMILES string of the molecule is Cc1nc(C)c(C(=O)C2=C(O)C(=O)N(CCN(C)C)[C@H]2c2ccc(Br)cc2)s1. The molecule has 3 rings (SSSR count). The third kappa shape index (κ3) is 3.90. The van der Waals surface area contributed by atoms with Gasteiger partial charge in [-0.3, -0.25) is 9.59 Å². The molecule has 0 fully saturated rings. The summed E-state index contributed by atoms with van der Waals surface area (Å²) in [6.45, 7) is 4.61. The van der Waals surface area contributed by atoms with Gasteiger partial charge < -0.3 is 14.9 Å². The highest BCUT2D eigenvalue weighted by atomic mass is 79.9. The van der Waals surface area contributed by atoms with Gasteiger partial charge in [-0.15, -0.1) is 11.3 Å². The summed E-state index contributed by atoms with van der Waals surface area (Å²) >= 11 is 4.69. The van der Waals surface area contributed by atoms with E-state index in [-0.39, 0.29) is 11.4 Å². The van der Waals surface area contributed by atoms with Gasteiger partial charge in [0, 0.05) is 17.6 Å². The van der Waals surface area contributed by atoms with Crippen LogP contribution in [0.25, 0.3) is 0 Å². The predicted molar refractivity (Wildman–Crippen MR) is 113 cm³/mol. The first-order valence-corrected chi connectivity index (χ1v) is 10.4. The molecule has 0 aliphatic carbocycles. The van der Waals surface area contributed by atoms with Crippen LogP contribution in [0.15, 0.2) is 40.1 Å². The average Bonchev–Trinajstić information content (AvgIpc) is 3.10. The van der Waals surface area contributed by atoms with Crippen molar-refractivity contribution in [2.24, 2.45) is 0 Å². The molecular formula is C20H22BrN3O3S. The maximum atomic E-state index is 13.3. The number of carbonyl (C=O) groups excluding carboxylic acids is 2. The molecule has 0 bridgehead atoms. The minimum Gasteiger partial charge on any atom is -0.503 e. The fourth-order valence-corrected chi connectivity index (χ4v) is 4.42. The van der Waals surface area contributed by atoms with E-state index in [1.807, 2.05) is 50.2 Å². The normalized spacial score (nSPS) is 17.1. The van der Waals surface area contributed by atoms with Crippen LogP contribution in [-0.4, -0.2) is 58.8 Å². The predicted octanol–water partition coefficient (Wildman–Crippen LogP) is 3.66. The maximum absolute atomic E-state index is 13.3. The lowest BCUT2D eigenvalue weighted by atomic mass is 9.95. The fraction of sp³-hybridized carbons (Fsp3) is 0.350. The smallest absolute Gasteiger partial charge is 0.290 e. The van der Waals surface area contributed by atoms with Crippen LogP contribution in [0.5, 0.6) is 0 Å². The molecule has 6 nitrogen and oxygen atoms in total. The Morgan fingerprint density at radius 2 is 1.93 bits per heavy atom. The molecule has 1 atom stereocenters. The van der Waals surface area contributed by atoms with Gasteiger partial charge in [0.15, 0.2) is 5.76 Å². The van der Waals surface area contributed by atoms with Gasteiger partial charge in [0.05, 0.1) is 27.2 Å². The Kier molecular flexibility index (Phi) is 6.02. The molecule has 1 aromatic carbocycles. The number of thiazole rings is 1. The molecule has 148 valence electrons. The summed E-state index contributed by atoms with van der Waals surface area (Å²) in [5.74, 6) is -1.33. The van der Waals surface area contributed by atoms with E-state index in [4.69, 9.17) is 0 Å². The van der Waals surface area contributed by atoms with Crippen LogP contribution >= 0.6 is 27.3 Å². The number of hydrogen-bond donors (Lipinski definition) is 1. The molecule has 0 saturated carbocycles. The minimum absolute atomic E-state index is 0.123. The summed E-state index contributed by atoms with van der Waals surface area (Å²) in [6, 6.07) is 6.82. The standard InChI is InChI=1S/C20H22BrN3O3S/c1-11-19(28-12(2)22-11)17(25)15-16(13-5-7-14(21)8-6-13)24(10-9-23(3)4)20(27)18(15)26/h5-8,16,26H,9-10H2,1-4H3/t16-/m0/s1. The molecule has 2 heterocycles. The first-order valence-electron chi connectivity index (χ1n) is 8.83. The van der Waals surface area contributed by atoms with Gasteiger partial charge >= 0.3 is 0 Å². The molecule has 0 unspecified atom stereocenters. The van der Waals surface area contributed by atoms with E-state index in [1.165, 1.54) is 11.3 Å². The van der Waals surface area contributed by atoms with Gasteiger partial charge in [0.25, 0.3) is 5.91 Å². The molecule has 2 aromatic rings. The van der Waals surface area contributed by atoms with Gasteiger partial charge in [0.1, 0.15) is 0 Å². The topological polar surface area (TPSA) is 73.7 Å². The summed E-state index contributed by atoms with van der Waals surface area (Å²) in [6.07, 6.45) is 0. The van der Waals surface area contributed by atoms with E-state index in [9.17, 15) is 14.7 Å². The molecule has 1 aliphatic rings. The summed E-state index contributed by atoms with van der Waals surface area (Å²) in [5, 5.41) is 11.4. The lowest BCUT2D eigenvalue weighted by molar-refractivity contribution is -0.129. The van der Waals surface area contributed by atoms with Crippen molar-refractivity contribution in [3.63, 3.8) is 0 Å². The van der Waals surface area contributed by atoms with E-state index in [1.54, 1.807) is 11.8 Å². The quantitative estimate of drug-likeness (QED) is 0.661. The second-order valence-corrected chi connectivity index (χ2v) is 9.11. The van der Waals surface area contributed by atoms with E-state index >= 15 is 0 Å². The molecule has 0 spiro atoms. The zero-order chi connectivity index (χ0) is 20.6. The molecule has 28 heavy (non-hydrogen) atoms. The number of aromatic nitrogens is 1. The van der Waals surface area contributed by atoms with E-state index < -0.39 is 17.7 Å². The minimum atomic E-state index is -0.630. The summed E-state index contributed by atoms with van der Waals surface area (Å²) in [5.41, 5.74) is 1.51. The lowest BCUT2D eigenvalue weighted by Gasteiger charge is -2.28. The highest BCUT2D eigenvalue weighted by molar-refractivity contribution is 9.10. The molecule has 0 saturated heterocycles. The van der Waals surface area contributed by atoms with Crippen LogP contribution < -0.4 is 0 Å². The van der Waals surface area contributed by atoms with Crippen molar-refractivity contribution >= 4 is 39.0 Å². The van der Waals surface area contributed by atoms with Crippen LogP contribution in [0.3, 0.4) is 0 Å². The monoisotopic (exact) mass is 463 g/mol. The summed E-state index contributed by atoms with van der Waals surface area (Å²) < 4.78 is 0.899. The number of nitrogens with zero attached hydrogens (tertiary/aromatic N) is 3. The number of aliphatic hydroxyl groups excluding tert-OH is 1. The Balaban J connectivity index is 2.08. The number of likely N-dealkylation sites (N-methyl/N-ethyl adjacent to an activating group) is 1. The molecule has 8 heteroatoms. The number of ketones is 1. The maximum Gasteiger partial charge on any atom is 0.290 e. The Morgan fingerprint density at radius 3 is 2.46 bits per heavy atom. The Morgan fingerprint density at radius 1 is 1.29 bits per heavy atom. The Labute approximate surface area is 176 Å². The number of aryl methyl sites for hydroxylation is 2. The van der Waals surface area contributed by atoms with Gasteiger partial charge in [-0.2, -0.15) is 0 Å². The Bertz CT molecular complexity index is 950. The van der Waals surface area contributed by atoms with Crippen molar-refractivity contribution in [1.29, 1.82) is 0 Å². The van der Waals surface area contributed by atoms with Gasteiger partial charge in [0.2, 0.25) is 5.78 Å². The van der Waals surface area contributed by atoms with Crippen molar-refractivity contribution in [3.8, 4) is 0 Å². The molecular weight excluding hydrogens is 442 g/mol. The van der Waals surface area contributed by atoms with Crippen LogP contribution in [0, 0.1) is 13.8 Å². The number of benzene rings is 1. The first kappa shape index (κ1) is 20.7. The molecule has 1 aromatic heterocycles. The van der Waals surface area contributed by atoms with E-state index in [0.29, 0.717) is 23.7 Å². The van der Waals surface area contributed by atoms with Crippen LogP contribution in [-0.2, 0) is 4.79 Å². The molecule has 1 aliphatic heterocycles. The largest absolute Gasteiger partial charge is 0.503 e. The van der Waals surface area contributed by atoms with E-state index in [0.717, 1.165) is 15.0 Å². The number of Topliss-reactive ketones (excluding diaryl/α,β-unsaturated/α-hetero) is 1. The number of rotatable bonds is 6. The highest BCUT2D eigenvalue weighted by Crippen LogP contribution is 2.40. The van der Waals surface area contributed by atoms with Crippen LogP contribution in [0.2, 0.25) is 0 Å². The van der Waals surface area contributed by atoms with Gasteiger partial charge in [-0.05, 0) is 45.6 Å². The third-order valence-electron chi connectivity index (χ3n) is 4.63. The number of aliphatic hydroxyl groups is 1. The second-order valence-electron chi connectivity index (χ2n) is 6.99. The first-order chi connectivity index (χ1) is 13.2. The summed E-state index contributed by atoms with van der Waals surface area (Å²) in [7, 11) is 3.83. The highest BCUT2D eigenvalue weighted by Gasteiger charge is 2.44. The second kappa shape index (κ2) is 8.14. The van der Waals surface area contributed by atoms with Crippen molar-refractivity contribution in [3.05, 3.63) is 61.2 Å². The number of hydrogen-bond acceptors (Lipinski definition) is 6. The zero-order valence-corrected chi connectivity index (χ0v) is 18.6. The van der Waals surface area contributed by atoms with Crippen LogP contribution in [0.4, 0.5) is 0 Å². The van der Waals surface area contributed by atoms with Crippen molar-refractivity contribution < 1.29 is 14.7 Å². The van der Waals surface area contributed by atoms with Gasteiger partial charge in [-0.25, -0.2) is 4.98 Å². The van der Waals surface area contributed by atoms with Crippen LogP contribution in [0.1, 0.15) is 32.0 Å². The van der Waals surface area contributed by atoms with Crippen molar-refractivity contribution in [1.82, 2.24) is 14.8 Å². The van der Waals surface area contributed by atoms with Gasteiger partial charge in [-0.1, -0.05) is 28.1 Å². The summed E-state index contributed by atoms with van der Waals surface area (Å²) in [4.78, 5) is 34.5.